The van der Waals surface area contributed by atoms with E-state index in [1.807, 2.05) is 0 Å². The third-order valence-corrected chi connectivity index (χ3v) is 3.75. The van der Waals surface area contributed by atoms with Crippen LogP contribution in [0.2, 0.25) is 0 Å². The van der Waals surface area contributed by atoms with Crippen LogP contribution >= 0.6 is 0 Å². The molecule has 28 heavy (non-hydrogen) atoms. The van der Waals surface area contributed by atoms with Gasteiger partial charge in [-0.3, -0.25) is 0 Å². The fraction of sp³-hybridized carbons (Fsp3) is 0.211. The molecule has 0 saturated carbocycles. The van der Waals surface area contributed by atoms with Gasteiger partial charge in [-0.2, -0.15) is 0 Å². The summed E-state index contributed by atoms with van der Waals surface area (Å²) in [4.78, 5) is 24.4. The summed E-state index contributed by atoms with van der Waals surface area (Å²) in [6.45, 7) is -0.473. The molecule has 141 valence electrons. The topological polar surface area (TPSA) is 106 Å². The maximum atomic E-state index is 12.3. The predicted octanol–water partition coefficient (Wildman–Crippen LogP) is 1.17. The zero-order chi connectivity index (χ0) is 20.4. The molecule has 2 N–H and O–H groups in total. The first-order chi connectivity index (χ1) is 13.6. The monoisotopic (exact) mass is 378 g/mol. The van der Waals surface area contributed by atoms with Gasteiger partial charge in [-0.05, 0) is 0 Å². The molecule has 2 rings (SSSR count). The Labute approximate surface area is 164 Å². The number of aliphatic hydroxyl groups is 1. The predicted molar refractivity (Wildman–Crippen MR) is 104 cm³/mol. The van der Waals surface area contributed by atoms with Gasteiger partial charge in [0.05, 0.1) is 0 Å². The summed E-state index contributed by atoms with van der Waals surface area (Å²) in [5, 5.41) is 17.9. The van der Waals surface area contributed by atoms with Gasteiger partial charge in [0.2, 0.25) is 0 Å². The number of aliphatic hydroxyl groups excluding tert-OH is 1. The first-order valence-corrected chi connectivity index (χ1v) is 8.42. The van der Waals surface area contributed by atoms with Gasteiger partial charge in [-0.25, -0.2) is 0 Å². The van der Waals surface area contributed by atoms with Crippen LogP contribution in [-0.4, -0.2) is 62.6 Å². The number of hydrogen-bond acceptors (Lipinski definition) is 7. The number of carbonyl (C=O) groups is 2. The van der Waals surface area contributed by atoms with Crippen molar-refractivity contribution in [3.05, 3.63) is 71.8 Å². The molecule has 0 aromatic heterocycles. The molecule has 1 radical (unpaired) electrons. The molecule has 0 saturated heterocycles. The molecule has 0 heterocycles. The van der Waals surface area contributed by atoms with Crippen molar-refractivity contribution < 1.29 is 28.8 Å². The summed E-state index contributed by atoms with van der Waals surface area (Å²) in [7, 11) is 6.05. The summed E-state index contributed by atoms with van der Waals surface area (Å²) in [6, 6.07) is 16.3. The fourth-order valence-electron chi connectivity index (χ4n) is 2.35. The van der Waals surface area contributed by atoms with Crippen molar-refractivity contribution >= 4 is 32.5 Å². The van der Waals surface area contributed by atoms with Crippen molar-refractivity contribution in [2.75, 3.05) is 6.61 Å². The first-order valence-electron chi connectivity index (χ1n) is 8.42. The third-order valence-electron chi connectivity index (χ3n) is 3.75. The molecular weight excluding hydrogens is 360 g/mol. The SMILES string of the molecule is [B]=BO[C@@H](C=N)[C@H](OC(=O)c1ccccc1)[C@@H](O)COC(=O)c1ccccc1. The van der Waals surface area contributed by atoms with Crippen molar-refractivity contribution in [2.24, 2.45) is 0 Å². The summed E-state index contributed by atoms with van der Waals surface area (Å²) >= 11 is 0. The number of carbonyl (C=O) groups excluding carboxylic acids is 2. The summed E-state index contributed by atoms with van der Waals surface area (Å²) in [5.41, 5.74) is 0.559. The van der Waals surface area contributed by atoms with Crippen LogP contribution in [-0.2, 0) is 14.1 Å². The van der Waals surface area contributed by atoms with Gasteiger partial charge in [0, 0.05) is 0 Å². The first kappa shape index (κ1) is 21.2. The van der Waals surface area contributed by atoms with E-state index in [0.717, 1.165) is 13.2 Å². The number of esters is 2. The molecule has 0 unspecified atom stereocenters. The van der Waals surface area contributed by atoms with Gasteiger partial charge in [0.15, 0.2) is 0 Å². The van der Waals surface area contributed by atoms with Crippen molar-refractivity contribution in [3.8, 4) is 0 Å². The molecule has 2 aromatic carbocycles. The minimum absolute atomic E-state index is 0.251. The van der Waals surface area contributed by atoms with Crippen LogP contribution in [0.1, 0.15) is 20.7 Å². The summed E-state index contributed by atoms with van der Waals surface area (Å²) in [5.74, 6) is -1.38. The van der Waals surface area contributed by atoms with Crippen LogP contribution in [0.3, 0.4) is 0 Å². The van der Waals surface area contributed by atoms with Crippen LogP contribution in [0.25, 0.3) is 0 Å². The summed E-state index contributed by atoms with van der Waals surface area (Å²) < 4.78 is 15.4. The minimum atomic E-state index is -1.45. The number of rotatable bonds is 10. The van der Waals surface area contributed by atoms with E-state index in [1.165, 1.54) is 12.1 Å². The molecule has 0 aliphatic heterocycles. The van der Waals surface area contributed by atoms with Crippen molar-refractivity contribution in [1.29, 1.82) is 5.41 Å². The normalized spacial score (nSPS) is 13.3. The van der Waals surface area contributed by atoms with Crippen LogP contribution in [0.4, 0.5) is 0 Å². The Morgan fingerprint density at radius 1 is 1.04 bits per heavy atom. The molecular formula is C19H18B2NO6. The number of ether oxygens (including phenoxy) is 2. The van der Waals surface area contributed by atoms with E-state index in [0.29, 0.717) is 5.56 Å². The molecule has 9 heteroatoms. The van der Waals surface area contributed by atoms with E-state index in [-0.39, 0.29) is 5.56 Å². The average Bonchev–Trinajstić information content (AvgIpc) is 2.75. The molecule has 0 amide bonds. The Balaban J connectivity index is 2.08. The molecule has 2 aromatic rings. The Morgan fingerprint density at radius 2 is 1.57 bits per heavy atom. The van der Waals surface area contributed by atoms with E-state index >= 15 is 0 Å². The van der Waals surface area contributed by atoms with E-state index in [1.54, 1.807) is 48.5 Å². The summed E-state index contributed by atoms with van der Waals surface area (Å²) in [6.07, 6.45) is -3.11. The van der Waals surface area contributed by atoms with Crippen LogP contribution in [0, 0.1) is 5.41 Å². The molecule has 0 bridgehead atoms. The maximum absolute atomic E-state index is 12.3. The van der Waals surface area contributed by atoms with E-state index in [4.69, 9.17) is 26.9 Å². The number of benzene rings is 2. The van der Waals surface area contributed by atoms with Crippen LogP contribution in [0.5, 0.6) is 0 Å². The van der Waals surface area contributed by atoms with Crippen molar-refractivity contribution in [3.63, 3.8) is 0 Å². The van der Waals surface area contributed by atoms with Crippen LogP contribution < -0.4 is 0 Å². The second-order valence-electron chi connectivity index (χ2n) is 5.67. The van der Waals surface area contributed by atoms with Crippen LogP contribution in [0.15, 0.2) is 60.7 Å². The van der Waals surface area contributed by atoms with Gasteiger partial charge >= 0.3 is 163 Å². The molecule has 0 aliphatic carbocycles. The van der Waals surface area contributed by atoms with Gasteiger partial charge in [0.25, 0.3) is 0 Å². The van der Waals surface area contributed by atoms with Gasteiger partial charge in [-0.15, -0.1) is 0 Å². The Morgan fingerprint density at radius 3 is 2.07 bits per heavy atom. The third kappa shape index (κ3) is 5.99. The molecule has 0 fully saturated rings. The molecule has 3 atom stereocenters. The molecule has 7 nitrogen and oxygen atoms in total. The Bertz CT molecular complexity index is 803. The van der Waals surface area contributed by atoms with E-state index in [9.17, 15) is 14.7 Å². The second-order valence-corrected chi connectivity index (χ2v) is 5.67. The average molecular weight is 378 g/mol. The fourth-order valence-corrected chi connectivity index (χ4v) is 2.35. The number of hydrogen-bond donors (Lipinski definition) is 2. The zero-order valence-corrected chi connectivity index (χ0v) is 14.9. The van der Waals surface area contributed by atoms with Gasteiger partial charge in [0.1, 0.15) is 0 Å². The Hall–Kier alpha value is -3.06. The van der Waals surface area contributed by atoms with E-state index < -0.39 is 36.9 Å². The standard InChI is InChI=1S/C19H18B2NO6/c20-21-28-16(11-22)17(27-19(25)14-9-5-2-6-10-14)15(23)12-26-18(24)13-7-3-1-4-8-13/h1-11,15-17,22-23H,12H2/t15-,16-,17+/m0/s1. The van der Waals surface area contributed by atoms with Gasteiger partial charge in [-0.1, -0.05) is 0 Å². The van der Waals surface area contributed by atoms with Crippen molar-refractivity contribution in [1.82, 2.24) is 0 Å². The molecule has 0 aliphatic rings. The quantitative estimate of drug-likeness (QED) is 0.365. The van der Waals surface area contributed by atoms with Crippen molar-refractivity contribution in [2.45, 2.75) is 18.3 Å². The second kappa shape index (κ2) is 10.9. The number of nitrogens with one attached hydrogen (secondary N) is 1. The van der Waals surface area contributed by atoms with E-state index in [2.05, 4.69) is 0 Å². The zero-order valence-electron chi connectivity index (χ0n) is 14.9. The Kier molecular flexibility index (Phi) is 8.30. The molecule has 0 spiro atoms. The van der Waals surface area contributed by atoms with Gasteiger partial charge < -0.3 is 0 Å².